The van der Waals surface area contributed by atoms with Gasteiger partial charge in [-0.25, -0.2) is 0 Å². The second-order valence-electron chi connectivity index (χ2n) is 2.67. The minimum absolute atomic E-state index is 0.238. The van der Waals surface area contributed by atoms with Crippen LogP contribution in [0.25, 0.3) is 0 Å². The van der Waals surface area contributed by atoms with Gasteiger partial charge in [0.15, 0.2) is 0 Å². The molecule has 0 saturated heterocycles. The van der Waals surface area contributed by atoms with E-state index in [9.17, 15) is 9.59 Å². The molecule has 58 valence electrons. The SMILES string of the molecule is CC1=CC=CC(C=O)C1C=O. The first-order chi connectivity index (χ1) is 5.29. The van der Waals surface area contributed by atoms with E-state index < -0.39 is 0 Å². The minimum Gasteiger partial charge on any atom is -0.303 e. The summed E-state index contributed by atoms with van der Waals surface area (Å²) >= 11 is 0. The van der Waals surface area contributed by atoms with Gasteiger partial charge >= 0.3 is 0 Å². The van der Waals surface area contributed by atoms with Crippen molar-refractivity contribution in [3.8, 4) is 0 Å². The lowest BCUT2D eigenvalue weighted by Crippen LogP contribution is -2.18. The molecule has 11 heavy (non-hydrogen) atoms. The van der Waals surface area contributed by atoms with Crippen molar-refractivity contribution in [2.75, 3.05) is 0 Å². The summed E-state index contributed by atoms with van der Waals surface area (Å²) in [6.45, 7) is 1.86. The lowest BCUT2D eigenvalue weighted by atomic mass is 9.85. The van der Waals surface area contributed by atoms with Gasteiger partial charge in [0.25, 0.3) is 0 Å². The molecule has 0 saturated carbocycles. The van der Waals surface area contributed by atoms with Crippen molar-refractivity contribution in [2.24, 2.45) is 11.8 Å². The molecule has 0 heterocycles. The van der Waals surface area contributed by atoms with Gasteiger partial charge < -0.3 is 9.59 Å². The largest absolute Gasteiger partial charge is 0.303 e. The molecule has 0 aromatic heterocycles. The maximum absolute atomic E-state index is 10.5. The molecule has 1 aliphatic rings. The Hall–Kier alpha value is -1.18. The van der Waals surface area contributed by atoms with Crippen molar-refractivity contribution < 1.29 is 9.59 Å². The summed E-state index contributed by atoms with van der Waals surface area (Å²) in [6.07, 6.45) is 7.06. The third-order valence-corrected chi connectivity index (χ3v) is 1.94. The third kappa shape index (κ3) is 1.45. The highest BCUT2D eigenvalue weighted by atomic mass is 16.1. The Bertz CT molecular complexity index is 226. The van der Waals surface area contributed by atoms with Crippen molar-refractivity contribution >= 4 is 12.6 Å². The molecule has 2 heteroatoms. The molecule has 0 N–H and O–H groups in total. The van der Waals surface area contributed by atoms with Gasteiger partial charge in [0, 0.05) is 11.8 Å². The van der Waals surface area contributed by atoms with Crippen LogP contribution in [0.1, 0.15) is 6.92 Å². The quantitative estimate of drug-likeness (QED) is 0.553. The summed E-state index contributed by atoms with van der Waals surface area (Å²) in [5, 5.41) is 0. The van der Waals surface area contributed by atoms with E-state index in [1.165, 1.54) is 0 Å². The summed E-state index contributed by atoms with van der Waals surface area (Å²) in [7, 11) is 0. The van der Waals surface area contributed by atoms with Crippen LogP contribution < -0.4 is 0 Å². The number of hydrogen-bond donors (Lipinski definition) is 0. The molecular weight excluding hydrogens is 140 g/mol. The number of carbonyl (C=O) groups excluding carboxylic acids is 2. The van der Waals surface area contributed by atoms with E-state index in [0.717, 1.165) is 18.1 Å². The van der Waals surface area contributed by atoms with Gasteiger partial charge in [-0.3, -0.25) is 0 Å². The molecule has 2 unspecified atom stereocenters. The van der Waals surface area contributed by atoms with E-state index in [4.69, 9.17) is 0 Å². The van der Waals surface area contributed by atoms with Crippen molar-refractivity contribution in [3.05, 3.63) is 23.8 Å². The van der Waals surface area contributed by atoms with Gasteiger partial charge in [-0.2, -0.15) is 0 Å². The lowest BCUT2D eigenvalue weighted by Gasteiger charge is -2.17. The standard InChI is InChI=1S/C9H10O2/c1-7-3-2-4-8(5-10)9(7)6-11/h2-6,8-9H,1H3. The zero-order valence-electron chi connectivity index (χ0n) is 6.36. The van der Waals surface area contributed by atoms with Crippen LogP contribution in [0.2, 0.25) is 0 Å². The maximum atomic E-state index is 10.5. The highest BCUT2D eigenvalue weighted by Crippen LogP contribution is 2.22. The Morgan fingerprint density at radius 1 is 1.36 bits per heavy atom. The van der Waals surface area contributed by atoms with Gasteiger partial charge in [0.05, 0.1) is 0 Å². The molecule has 0 aromatic carbocycles. The number of aldehydes is 2. The predicted octanol–water partition coefficient (Wildman–Crippen LogP) is 1.13. The Kier molecular flexibility index (Phi) is 2.36. The van der Waals surface area contributed by atoms with Crippen LogP contribution in [0, 0.1) is 11.8 Å². The van der Waals surface area contributed by atoms with Crippen LogP contribution >= 0.6 is 0 Å². The Morgan fingerprint density at radius 2 is 2.09 bits per heavy atom. The smallest absolute Gasteiger partial charge is 0.128 e. The molecule has 0 radical (unpaired) electrons. The first-order valence-electron chi connectivity index (χ1n) is 3.55. The first kappa shape index (κ1) is 7.92. The van der Waals surface area contributed by atoms with Gasteiger partial charge in [-0.15, -0.1) is 0 Å². The first-order valence-corrected chi connectivity index (χ1v) is 3.55. The number of rotatable bonds is 2. The zero-order chi connectivity index (χ0) is 8.27. The minimum atomic E-state index is -0.252. The van der Waals surface area contributed by atoms with Crippen molar-refractivity contribution in [1.29, 1.82) is 0 Å². The fraction of sp³-hybridized carbons (Fsp3) is 0.333. The summed E-state index contributed by atoms with van der Waals surface area (Å²) in [4.78, 5) is 20.9. The fourth-order valence-electron chi connectivity index (χ4n) is 1.20. The van der Waals surface area contributed by atoms with Crippen LogP contribution in [-0.4, -0.2) is 12.6 Å². The molecule has 2 nitrogen and oxygen atoms in total. The van der Waals surface area contributed by atoms with Gasteiger partial charge in [-0.1, -0.05) is 23.8 Å². The molecule has 0 fully saturated rings. The van der Waals surface area contributed by atoms with E-state index >= 15 is 0 Å². The Labute approximate surface area is 65.6 Å². The van der Waals surface area contributed by atoms with Crippen LogP contribution in [0.15, 0.2) is 23.8 Å². The monoisotopic (exact) mass is 150 g/mol. The van der Waals surface area contributed by atoms with E-state index in [-0.39, 0.29) is 11.8 Å². The van der Waals surface area contributed by atoms with Gasteiger partial charge in [0.2, 0.25) is 0 Å². The Balaban J connectivity index is 2.86. The van der Waals surface area contributed by atoms with E-state index in [1.807, 2.05) is 19.1 Å². The molecule has 0 bridgehead atoms. The third-order valence-electron chi connectivity index (χ3n) is 1.94. The summed E-state index contributed by atoms with van der Waals surface area (Å²) in [5.74, 6) is -0.491. The van der Waals surface area contributed by atoms with Crippen LogP contribution in [0.5, 0.6) is 0 Å². The molecule has 1 rings (SSSR count). The van der Waals surface area contributed by atoms with Crippen molar-refractivity contribution in [1.82, 2.24) is 0 Å². The molecule has 0 aliphatic heterocycles. The van der Waals surface area contributed by atoms with E-state index in [0.29, 0.717) is 0 Å². The number of allylic oxidation sites excluding steroid dienone is 4. The van der Waals surface area contributed by atoms with Crippen molar-refractivity contribution in [3.63, 3.8) is 0 Å². The van der Waals surface area contributed by atoms with Crippen LogP contribution in [0.3, 0.4) is 0 Å². The summed E-state index contributed by atoms with van der Waals surface area (Å²) in [5.41, 5.74) is 0.958. The van der Waals surface area contributed by atoms with Gasteiger partial charge in [0.1, 0.15) is 12.6 Å². The lowest BCUT2D eigenvalue weighted by molar-refractivity contribution is -0.116. The van der Waals surface area contributed by atoms with Crippen LogP contribution in [-0.2, 0) is 9.59 Å². The summed E-state index contributed by atoms with van der Waals surface area (Å²) < 4.78 is 0. The second kappa shape index (κ2) is 3.28. The highest BCUT2D eigenvalue weighted by Gasteiger charge is 2.21. The fourth-order valence-corrected chi connectivity index (χ4v) is 1.20. The van der Waals surface area contributed by atoms with Crippen molar-refractivity contribution in [2.45, 2.75) is 6.92 Å². The average molecular weight is 150 g/mol. The zero-order valence-corrected chi connectivity index (χ0v) is 6.36. The summed E-state index contributed by atoms with van der Waals surface area (Å²) in [6, 6.07) is 0. The molecular formula is C9H10O2. The number of hydrogen-bond acceptors (Lipinski definition) is 2. The molecule has 1 aliphatic carbocycles. The second-order valence-corrected chi connectivity index (χ2v) is 2.67. The molecule has 2 atom stereocenters. The van der Waals surface area contributed by atoms with Crippen LogP contribution in [0.4, 0.5) is 0 Å². The number of carbonyl (C=O) groups is 2. The van der Waals surface area contributed by atoms with E-state index in [1.54, 1.807) is 6.08 Å². The molecule has 0 spiro atoms. The highest BCUT2D eigenvalue weighted by molar-refractivity contribution is 5.71. The normalized spacial score (nSPS) is 29.4. The van der Waals surface area contributed by atoms with E-state index in [2.05, 4.69) is 0 Å². The topological polar surface area (TPSA) is 34.1 Å². The molecule has 0 amide bonds. The predicted molar refractivity (Wildman–Crippen MR) is 42.0 cm³/mol. The Morgan fingerprint density at radius 3 is 2.55 bits per heavy atom. The average Bonchev–Trinajstić information content (AvgIpc) is 2.04. The van der Waals surface area contributed by atoms with Gasteiger partial charge in [-0.05, 0) is 6.92 Å². The molecule has 0 aromatic rings. The maximum Gasteiger partial charge on any atom is 0.128 e.